The maximum Gasteiger partial charge on any atom is 0.323 e. The molecular weight excluding hydrogens is 240 g/mol. The maximum atomic E-state index is 11.7. The molecule has 0 amide bonds. The molecule has 4 nitrogen and oxygen atoms in total. The first-order valence-corrected chi connectivity index (χ1v) is 7.93. The minimum atomic E-state index is -0.619. The number of nitrogens with one attached hydrogen (secondary N) is 1. The Morgan fingerprint density at radius 3 is 2.58 bits per heavy atom. The number of hydrogen-bond acceptors (Lipinski definition) is 3. The van der Waals surface area contributed by atoms with E-state index in [9.17, 15) is 9.90 Å². The largest absolute Gasteiger partial charge is 0.480 e. The van der Waals surface area contributed by atoms with Gasteiger partial charge in [0, 0.05) is 24.7 Å². The van der Waals surface area contributed by atoms with Crippen LogP contribution in [0.15, 0.2) is 0 Å². The lowest BCUT2D eigenvalue weighted by Crippen LogP contribution is -2.52. The summed E-state index contributed by atoms with van der Waals surface area (Å²) in [4.78, 5) is 14.4. The minimum absolute atomic E-state index is 0.477. The van der Waals surface area contributed by atoms with Crippen molar-refractivity contribution >= 4 is 5.97 Å². The number of carbonyl (C=O) groups is 1. The fraction of sp³-hybridized carbons (Fsp3) is 0.933. The van der Waals surface area contributed by atoms with E-state index in [0.29, 0.717) is 12.1 Å². The quantitative estimate of drug-likeness (QED) is 0.810. The number of hydrogen-bond donors (Lipinski definition) is 2. The summed E-state index contributed by atoms with van der Waals surface area (Å²) in [6.07, 6.45) is 9.14. The summed E-state index contributed by atoms with van der Waals surface area (Å²) in [5.41, 5.74) is -0.617. The second-order valence-electron chi connectivity index (χ2n) is 7.23. The molecule has 2 bridgehead atoms. The smallest absolute Gasteiger partial charge is 0.323 e. The van der Waals surface area contributed by atoms with E-state index in [1.165, 1.54) is 25.8 Å². The van der Waals surface area contributed by atoms with E-state index in [2.05, 4.69) is 10.2 Å². The summed E-state index contributed by atoms with van der Waals surface area (Å²) < 4.78 is 0. The normalized spacial score (nSPS) is 46.0. The molecule has 0 radical (unpaired) electrons. The monoisotopic (exact) mass is 264 g/mol. The molecule has 4 unspecified atom stereocenters. The SMILES string of the molecule is O=C(O)C1(NC2CC2)CCC(N2CC3CCC2C3)C1. The molecule has 4 heteroatoms. The van der Waals surface area contributed by atoms with Gasteiger partial charge in [-0.15, -0.1) is 0 Å². The predicted molar refractivity (Wildman–Crippen MR) is 72.0 cm³/mol. The summed E-state index contributed by atoms with van der Waals surface area (Å²) in [7, 11) is 0. The molecule has 0 aromatic heterocycles. The number of carboxylic acid groups (broad SMARTS) is 1. The Labute approximate surface area is 114 Å². The molecule has 19 heavy (non-hydrogen) atoms. The molecule has 0 aromatic carbocycles. The predicted octanol–water partition coefficient (Wildman–Crippen LogP) is 1.60. The van der Waals surface area contributed by atoms with Gasteiger partial charge in [-0.05, 0) is 57.3 Å². The summed E-state index contributed by atoms with van der Waals surface area (Å²) >= 11 is 0. The maximum absolute atomic E-state index is 11.7. The Balaban J connectivity index is 1.47. The Bertz CT molecular complexity index is 396. The van der Waals surface area contributed by atoms with Crippen LogP contribution in [0.25, 0.3) is 0 Å². The van der Waals surface area contributed by atoms with Crippen molar-refractivity contribution in [2.45, 2.75) is 75.0 Å². The number of aliphatic carboxylic acids is 1. The van der Waals surface area contributed by atoms with E-state index < -0.39 is 11.5 Å². The second-order valence-corrected chi connectivity index (χ2v) is 7.23. The van der Waals surface area contributed by atoms with Gasteiger partial charge in [0.1, 0.15) is 5.54 Å². The Morgan fingerprint density at radius 1 is 1.16 bits per heavy atom. The number of likely N-dealkylation sites (tertiary alicyclic amines) is 1. The molecule has 4 atom stereocenters. The summed E-state index contributed by atoms with van der Waals surface area (Å²) in [5, 5.41) is 13.1. The zero-order chi connectivity index (χ0) is 13.0. The standard InChI is InChI=1S/C15H24N2O2/c18-14(19)15(16-11-2-3-11)6-5-13(8-15)17-9-10-1-4-12(17)7-10/h10-13,16H,1-9H2,(H,18,19). The third kappa shape index (κ3) is 2.00. The van der Waals surface area contributed by atoms with E-state index in [-0.39, 0.29) is 0 Å². The first-order valence-electron chi connectivity index (χ1n) is 7.93. The molecule has 4 rings (SSSR count). The first kappa shape index (κ1) is 12.2. The van der Waals surface area contributed by atoms with E-state index in [1.807, 2.05) is 0 Å². The number of rotatable bonds is 4. The molecule has 3 saturated carbocycles. The van der Waals surface area contributed by atoms with Crippen molar-refractivity contribution in [2.75, 3.05) is 6.54 Å². The molecule has 0 aromatic rings. The van der Waals surface area contributed by atoms with Gasteiger partial charge in [0.2, 0.25) is 0 Å². The Hall–Kier alpha value is -0.610. The third-order valence-corrected chi connectivity index (χ3v) is 5.88. The van der Waals surface area contributed by atoms with Gasteiger partial charge in [0.15, 0.2) is 0 Å². The molecule has 0 spiro atoms. The van der Waals surface area contributed by atoms with Gasteiger partial charge in [0.05, 0.1) is 0 Å². The van der Waals surface area contributed by atoms with Crippen LogP contribution in [0, 0.1) is 5.92 Å². The van der Waals surface area contributed by atoms with Gasteiger partial charge in [-0.25, -0.2) is 0 Å². The van der Waals surface area contributed by atoms with Crippen molar-refractivity contribution in [3.8, 4) is 0 Å². The van der Waals surface area contributed by atoms with E-state index in [0.717, 1.165) is 44.1 Å². The highest BCUT2D eigenvalue weighted by Crippen LogP contribution is 2.44. The lowest BCUT2D eigenvalue weighted by atomic mass is 9.96. The molecule has 1 heterocycles. The number of nitrogens with zero attached hydrogens (tertiary/aromatic N) is 1. The fourth-order valence-electron chi connectivity index (χ4n) is 4.72. The average Bonchev–Trinajstić information content (AvgIpc) is 2.82. The summed E-state index contributed by atoms with van der Waals surface area (Å²) in [5.74, 6) is 0.285. The lowest BCUT2D eigenvalue weighted by molar-refractivity contribution is -0.145. The van der Waals surface area contributed by atoms with Crippen LogP contribution in [0.4, 0.5) is 0 Å². The topological polar surface area (TPSA) is 52.6 Å². The zero-order valence-corrected chi connectivity index (χ0v) is 11.5. The van der Waals surface area contributed by atoms with Gasteiger partial charge in [0.25, 0.3) is 0 Å². The van der Waals surface area contributed by atoms with Gasteiger partial charge in [-0.1, -0.05) is 0 Å². The third-order valence-electron chi connectivity index (χ3n) is 5.88. The van der Waals surface area contributed by atoms with Crippen LogP contribution >= 0.6 is 0 Å². The highest BCUT2D eigenvalue weighted by Gasteiger charge is 2.52. The van der Waals surface area contributed by atoms with Crippen molar-refractivity contribution < 1.29 is 9.90 Å². The lowest BCUT2D eigenvalue weighted by Gasteiger charge is -2.34. The molecule has 106 valence electrons. The zero-order valence-electron chi connectivity index (χ0n) is 11.5. The molecular formula is C15H24N2O2. The van der Waals surface area contributed by atoms with Crippen molar-refractivity contribution in [3.05, 3.63) is 0 Å². The fourth-order valence-corrected chi connectivity index (χ4v) is 4.72. The van der Waals surface area contributed by atoms with E-state index >= 15 is 0 Å². The molecule has 4 fully saturated rings. The summed E-state index contributed by atoms with van der Waals surface area (Å²) in [6.45, 7) is 1.23. The van der Waals surface area contributed by atoms with Gasteiger partial charge < -0.3 is 5.11 Å². The van der Waals surface area contributed by atoms with Crippen LogP contribution in [0.1, 0.15) is 51.4 Å². The Morgan fingerprint density at radius 2 is 2.00 bits per heavy atom. The van der Waals surface area contributed by atoms with Gasteiger partial charge in [-0.2, -0.15) is 0 Å². The highest BCUT2D eigenvalue weighted by atomic mass is 16.4. The molecule has 2 N–H and O–H groups in total. The number of fused-ring (bicyclic) bond motifs is 2. The summed E-state index contributed by atoms with van der Waals surface area (Å²) in [6, 6.07) is 1.75. The average molecular weight is 264 g/mol. The molecule has 1 saturated heterocycles. The molecule has 3 aliphatic carbocycles. The van der Waals surface area contributed by atoms with Crippen molar-refractivity contribution in [1.29, 1.82) is 0 Å². The van der Waals surface area contributed by atoms with Crippen molar-refractivity contribution in [3.63, 3.8) is 0 Å². The second kappa shape index (κ2) is 4.19. The molecule has 1 aliphatic heterocycles. The van der Waals surface area contributed by atoms with Crippen LogP contribution in [0.2, 0.25) is 0 Å². The van der Waals surface area contributed by atoms with Crippen LogP contribution in [0.3, 0.4) is 0 Å². The van der Waals surface area contributed by atoms with Gasteiger partial charge >= 0.3 is 5.97 Å². The van der Waals surface area contributed by atoms with Crippen molar-refractivity contribution in [2.24, 2.45) is 5.92 Å². The number of piperidine rings is 1. The van der Waals surface area contributed by atoms with Crippen LogP contribution in [-0.2, 0) is 4.79 Å². The van der Waals surface area contributed by atoms with E-state index in [1.54, 1.807) is 0 Å². The van der Waals surface area contributed by atoms with Crippen LogP contribution in [0.5, 0.6) is 0 Å². The number of carboxylic acids is 1. The van der Waals surface area contributed by atoms with Crippen LogP contribution < -0.4 is 5.32 Å². The Kier molecular flexibility index (Phi) is 2.68. The minimum Gasteiger partial charge on any atom is -0.480 e. The van der Waals surface area contributed by atoms with E-state index in [4.69, 9.17) is 0 Å². The van der Waals surface area contributed by atoms with Gasteiger partial charge in [-0.3, -0.25) is 15.0 Å². The van der Waals surface area contributed by atoms with Crippen molar-refractivity contribution in [1.82, 2.24) is 10.2 Å². The van der Waals surface area contributed by atoms with Crippen LogP contribution in [-0.4, -0.2) is 46.2 Å². The molecule has 4 aliphatic rings. The first-order chi connectivity index (χ1) is 9.16. The highest BCUT2D eigenvalue weighted by molar-refractivity contribution is 5.79.